The number of aromatic amines is 1. The molecule has 0 fully saturated rings. The summed E-state index contributed by atoms with van der Waals surface area (Å²) in [5.41, 5.74) is 2.75. The second kappa shape index (κ2) is 5.13. The molecule has 20 heavy (non-hydrogen) atoms. The molecule has 5 heteroatoms. The van der Waals surface area contributed by atoms with E-state index in [0.717, 1.165) is 11.1 Å². The first-order valence-electron chi connectivity index (χ1n) is 6.13. The molecule has 0 bridgehead atoms. The molecular weight excluding hydrogens is 281 g/mol. The molecule has 2 aromatic carbocycles. The highest BCUT2D eigenvalue weighted by atomic mass is 35.5. The van der Waals surface area contributed by atoms with E-state index in [9.17, 15) is 9.18 Å². The van der Waals surface area contributed by atoms with E-state index in [0.29, 0.717) is 17.5 Å². The number of H-pyrrole nitrogens is 1. The minimum Gasteiger partial charge on any atom is -0.408 e. The normalized spacial score (nSPS) is 12.7. The summed E-state index contributed by atoms with van der Waals surface area (Å²) >= 11 is 6.35. The van der Waals surface area contributed by atoms with Gasteiger partial charge in [0.1, 0.15) is 5.82 Å². The van der Waals surface area contributed by atoms with Crippen LogP contribution in [0.5, 0.6) is 0 Å². The van der Waals surface area contributed by atoms with Crippen LogP contribution in [0.15, 0.2) is 51.7 Å². The van der Waals surface area contributed by atoms with Crippen LogP contribution in [0, 0.1) is 5.82 Å². The lowest BCUT2D eigenvalue weighted by molar-refractivity contribution is 0.555. The first-order valence-corrected chi connectivity index (χ1v) is 6.57. The average molecular weight is 292 g/mol. The van der Waals surface area contributed by atoms with Gasteiger partial charge in [-0.15, -0.1) is 11.6 Å². The molecule has 3 rings (SSSR count). The van der Waals surface area contributed by atoms with Crippen molar-refractivity contribution in [3.8, 4) is 0 Å². The number of rotatable bonds is 3. The molecule has 0 radical (unpaired) electrons. The number of nitrogens with one attached hydrogen (secondary N) is 1. The van der Waals surface area contributed by atoms with Crippen molar-refractivity contribution >= 4 is 22.7 Å². The fourth-order valence-corrected chi connectivity index (χ4v) is 2.46. The minimum atomic E-state index is -0.492. The van der Waals surface area contributed by atoms with E-state index < -0.39 is 5.76 Å². The first-order chi connectivity index (χ1) is 9.61. The average Bonchev–Trinajstić information content (AvgIpc) is 2.77. The van der Waals surface area contributed by atoms with Crippen LogP contribution < -0.4 is 5.76 Å². The Balaban J connectivity index is 1.88. The molecule has 102 valence electrons. The molecule has 0 amide bonds. The number of alkyl halides is 1. The lowest BCUT2D eigenvalue weighted by Gasteiger charge is -2.09. The van der Waals surface area contributed by atoms with E-state index >= 15 is 0 Å². The van der Waals surface area contributed by atoms with E-state index in [1.807, 2.05) is 12.1 Å². The van der Waals surface area contributed by atoms with Crippen LogP contribution in [0.3, 0.4) is 0 Å². The van der Waals surface area contributed by atoms with Gasteiger partial charge >= 0.3 is 5.76 Å². The zero-order chi connectivity index (χ0) is 14.1. The molecular formula is C15H11ClFNO2. The minimum absolute atomic E-state index is 0.279. The molecule has 0 saturated carbocycles. The molecule has 0 aliphatic heterocycles. The monoisotopic (exact) mass is 291 g/mol. The van der Waals surface area contributed by atoms with Crippen LogP contribution in [0.2, 0.25) is 0 Å². The molecule has 0 saturated heterocycles. The van der Waals surface area contributed by atoms with Crippen molar-refractivity contribution in [3.63, 3.8) is 0 Å². The van der Waals surface area contributed by atoms with Crippen LogP contribution in [0.4, 0.5) is 4.39 Å². The Morgan fingerprint density at radius 1 is 1.25 bits per heavy atom. The van der Waals surface area contributed by atoms with Gasteiger partial charge in [0.2, 0.25) is 0 Å². The standard InChI is InChI=1S/C15H11ClFNO2/c16-12(7-9-2-1-3-11(17)6-9)10-4-5-13-14(8-10)20-15(19)18-13/h1-6,8,12H,7H2,(H,18,19). The van der Waals surface area contributed by atoms with E-state index in [2.05, 4.69) is 4.98 Å². The Morgan fingerprint density at radius 3 is 2.90 bits per heavy atom. The van der Waals surface area contributed by atoms with Crippen molar-refractivity contribution < 1.29 is 8.81 Å². The molecule has 1 N–H and O–H groups in total. The van der Waals surface area contributed by atoms with E-state index in [-0.39, 0.29) is 11.2 Å². The summed E-state index contributed by atoms with van der Waals surface area (Å²) in [5.74, 6) is -0.771. The van der Waals surface area contributed by atoms with Crippen LogP contribution in [0.25, 0.3) is 11.1 Å². The maximum atomic E-state index is 13.1. The quantitative estimate of drug-likeness (QED) is 0.746. The molecule has 0 spiro atoms. The Morgan fingerprint density at radius 2 is 2.10 bits per heavy atom. The highest BCUT2D eigenvalue weighted by Crippen LogP contribution is 2.27. The van der Waals surface area contributed by atoms with E-state index in [1.54, 1.807) is 18.2 Å². The van der Waals surface area contributed by atoms with Crippen LogP contribution in [-0.2, 0) is 6.42 Å². The topological polar surface area (TPSA) is 46.0 Å². The number of fused-ring (bicyclic) bond motifs is 1. The fraction of sp³-hybridized carbons (Fsp3) is 0.133. The van der Waals surface area contributed by atoms with Crippen LogP contribution >= 0.6 is 11.6 Å². The lowest BCUT2D eigenvalue weighted by Crippen LogP contribution is -1.96. The maximum Gasteiger partial charge on any atom is 0.417 e. The Labute approximate surface area is 119 Å². The number of hydrogen-bond acceptors (Lipinski definition) is 2. The zero-order valence-corrected chi connectivity index (χ0v) is 11.2. The highest BCUT2D eigenvalue weighted by molar-refractivity contribution is 6.21. The summed E-state index contributed by atoms with van der Waals surface area (Å²) in [5, 5.41) is -0.318. The second-order valence-corrected chi connectivity index (χ2v) is 5.10. The van der Waals surface area contributed by atoms with Crippen molar-refractivity contribution in [1.29, 1.82) is 0 Å². The highest BCUT2D eigenvalue weighted by Gasteiger charge is 2.11. The van der Waals surface area contributed by atoms with E-state index in [1.165, 1.54) is 12.1 Å². The van der Waals surface area contributed by atoms with Gasteiger partial charge in [-0.2, -0.15) is 0 Å². The van der Waals surface area contributed by atoms with Gasteiger partial charge in [0, 0.05) is 0 Å². The Bertz CT molecular complexity index is 809. The fourth-order valence-electron chi connectivity index (χ4n) is 2.15. The van der Waals surface area contributed by atoms with Gasteiger partial charge < -0.3 is 4.42 Å². The molecule has 0 aliphatic rings. The van der Waals surface area contributed by atoms with Crippen molar-refractivity contribution in [2.75, 3.05) is 0 Å². The summed E-state index contributed by atoms with van der Waals surface area (Å²) in [6.07, 6.45) is 0.499. The van der Waals surface area contributed by atoms with Gasteiger partial charge in [-0.25, -0.2) is 9.18 Å². The summed E-state index contributed by atoms with van der Waals surface area (Å²) in [6.45, 7) is 0. The number of oxazole rings is 1. The Kier molecular flexibility index (Phi) is 3.32. The first kappa shape index (κ1) is 12.9. The summed E-state index contributed by atoms with van der Waals surface area (Å²) in [4.78, 5) is 13.7. The van der Waals surface area contributed by atoms with Gasteiger partial charge in [-0.1, -0.05) is 18.2 Å². The van der Waals surface area contributed by atoms with Gasteiger partial charge in [-0.3, -0.25) is 4.98 Å². The predicted molar refractivity (Wildman–Crippen MR) is 75.5 cm³/mol. The maximum absolute atomic E-state index is 13.1. The third-order valence-electron chi connectivity index (χ3n) is 3.11. The number of hydrogen-bond donors (Lipinski definition) is 1. The van der Waals surface area contributed by atoms with Gasteiger partial charge in [-0.05, 0) is 41.8 Å². The van der Waals surface area contributed by atoms with Gasteiger partial charge in [0.15, 0.2) is 5.58 Å². The predicted octanol–water partition coefficient (Wildman–Crippen LogP) is 3.78. The molecule has 3 nitrogen and oxygen atoms in total. The lowest BCUT2D eigenvalue weighted by atomic mass is 10.0. The van der Waals surface area contributed by atoms with Crippen LogP contribution in [0.1, 0.15) is 16.5 Å². The molecule has 1 heterocycles. The largest absolute Gasteiger partial charge is 0.417 e. The summed E-state index contributed by atoms with van der Waals surface area (Å²) in [6, 6.07) is 11.6. The third kappa shape index (κ3) is 2.60. The van der Waals surface area contributed by atoms with Crippen molar-refractivity contribution in [3.05, 3.63) is 70.0 Å². The molecule has 1 unspecified atom stereocenters. The van der Waals surface area contributed by atoms with Crippen molar-refractivity contribution in [2.24, 2.45) is 0 Å². The number of aromatic nitrogens is 1. The summed E-state index contributed by atoms with van der Waals surface area (Å²) in [7, 11) is 0. The molecule has 1 aromatic heterocycles. The second-order valence-electron chi connectivity index (χ2n) is 4.57. The van der Waals surface area contributed by atoms with Gasteiger partial charge in [0.25, 0.3) is 0 Å². The number of benzene rings is 2. The zero-order valence-electron chi connectivity index (χ0n) is 10.4. The molecule has 3 aromatic rings. The van der Waals surface area contributed by atoms with E-state index in [4.69, 9.17) is 16.0 Å². The molecule has 1 atom stereocenters. The molecule has 0 aliphatic carbocycles. The number of halogens is 2. The Hall–Kier alpha value is -2.07. The summed E-state index contributed by atoms with van der Waals surface area (Å²) < 4.78 is 18.1. The van der Waals surface area contributed by atoms with Crippen LogP contribution in [-0.4, -0.2) is 4.98 Å². The smallest absolute Gasteiger partial charge is 0.408 e. The third-order valence-corrected chi connectivity index (χ3v) is 3.52. The van der Waals surface area contributed by atoms with Gasteiger partial charge in [0.05, 0.1) is 10.9 Å². The van der Waals surface area contributed by atoms with Crippen molar-refractivity contribution in [1.82, 2.24) is 4.98 Å². The van der Waals surface area contributed by atoms with Crippen molar-refractivity contribution in [2.45, 2.75) is 11.8 Å². The SMILES string of the molecule is O=c1[nH]c2ccc(C(Cl)Cc3cccc(F)c3)cc2o1.